The van der Waals surface area contributed by atoms with E-state index in [4.69, 9.17) is 0 Å². The van der Waals surface area contributed by atoms with E-state index in [0.29, 0.717) is 3.67 Å². The van der Waals surface area contributed by atoms with Gasteiger partial charge in [-0.05, 0) is 0 Å². The van der Waals surface area contributed by atoms with Crippen LogP contribution in [0.15, 0.2) is 48.6 Å². The Kier molecular flexibility index (Phi) is 6.66. The third kappa shape index (κ3) is 3.51. The van der Waals surface area contributed by atoms with Gasteiger partial charge in [0.05, 0.1) is 0 Å². The Balaban J connectivity index is 0.00000121. The molecule has 0 saturated heterocycles. The van der Waals surface area contributed by atoms with Gasteiger partial charge in [0.25, 0.3) is 0 Å². The van der Waals surface area contributed by atoms with Gasteiger partial charge in [0.2, 0.25) is 0 Å². The van der Waals surface area contributed by atoms with Crippen molar-refractivity contribution in [2.75, 3.05) is 0 Å². The van der Waals surface area contributed by atoms with Gasteiger partial charge in [0.1, 0.15) is 0 Å². The van der Waals surface area contributed by atoms with Crippen molar-refractivity contribution in [3.05, 3.63) is 76.4 Å². The van der Waals surface area contributed by atoms with E-state index in [2.05, 4.69) is 78.7 Å². The minimum atomic E-state index is -2.33. The predicted octanol–water partition coefficient (Wildman–Crippen LogP) is 6.36. The van der Waals surface area contributed by atoms with E-state index in [-0.39, 0.29) is 24.8 Å². The van der Waals surface area contributed by atoms with E-state index in [9.17, 15) is 0 Å². The smallest absolute Gasteiger partial charge is 0.147 e. The monoisotopic (exact) mass is 569 g/mol. The quantitative estimate of drug-likeness (QED) is 0.370. The molecule has 2 aromatic rings. The fourth-order valence-electron chi connectivity index (χ4n) is 4.46. The van der Waals surface area contributed by atoms with E-state index in [1.807, 2.05) is 0 Å². The van der Waals surface area contributed by atoms with Crippen molar-refractivity contribution in [3.8, 4) is 11.1 Å². The summed E-state index contributed by atoms with van der Waals surface area (Å²) in [4.78, 5) is 0. The molecule has 2 aliphatic carbocycles. The van der Waals surface area contributed by atoms with Crippen LogP contribution >= 0.6 is 24.8 Å². The second-order valence-corrected chi connectivity index (χ2v) is 39.3. The van der Waals surface area contributed by atoms with Crippen LogP contribution in [0, 0.1) is 13.8 Å². The third-order valence-electron chi connectivity index (χ3n) is 5.42. The molecule has 2 aromatic carbocycles. The van der Waals surface area contributed by atoms with Gasteiger partial charge >= 0.3 is 152 Å². The zero-order chi connectivity index (χ0) is 17.1. The summed E-state index contributed by atoms with van der Waals surface area (Å²) in [5.74, 6) is 0. The van der Waals surface area contributed by atoms with Crippen molar-refractivity contribution in [2.24, 2.45) is 0 Å². The number of aryl methyl sites for hydroxylation is 2. The van der Waals surface area contributed by atoms with Crippen LogP contribution < -0.4 is 0 Å². The summed E-state index contributed by atoms with van der Waals surface area (Å²) in [5, 5.41) is 0. The summed E-state index contributed by atoms with van der Waals surface area (Å²) < 4.78 is 5.92. The third-order valence-corrected chi connectivity index (χ3v) is 16.5. The molecular weight excluding hydrogens is 542 g/mol. The minimum absolute atomic E-state index is 0. The Morgan fingerprint density at radius 2 is 1.69 bits per heavy atom. The Morgan fingerprint density at radius 3 is 2.31 bits per heavy atom. The number of hydrogen-bond donors (Lipinski definition) is 0. The first-order valence-corrected chi connectivity index (χ1v) is 26.4. The van der Waals surface area contributed by atoms with Crippen molar-refractivity contribution in [2.45, 2.75) is 33.3 Å². The fraction of sp³-hybridized carbons (Fsp3) is 0.273. The van der Waals surface area contributed by atoms with Crippen LogP contribution in [0.5, 0.6) is 0 Å². The van der Waals surface area contributed by atoms with Crippen molar-refractivity contribution < 1.29 is 18.6 Å². The molecule has 0 heterocycles. The number of benzene rings is 2. The van der Waals surface area contributed by atoms with Gasteiger partial charge in [-0.3, -0.25) is 0 Å². The molecular formula is C22H27Cl2HfSi. The molecule has 0 radical (unpaired) electrons. The fourth-order valence-corrected chi connectivity index (χ4v) is 15.7. The number of allylic oxidation sites excluding steroid dienone is 4. The average Bonchev–Trinajstić information content (AvgIpc) is 3.11. The first-order chi connectivity index (χ1) is 11.4. The molecule has 0 saturated carbocycles. The molecule has 0 N–H and O–H groups in total. The van der Waals surface area contributed by atoms with Crippen LogP contribution in [0.3, 0.4) is 0 Å². The van der Waals surface area contributed by atoms with Gasteiger partial charge < -0.3 is 0 Å². The summed E-state index contributed by atoms with van der Waals surface area (Å²) in [6.45, 7) is 6.89. The van der Waals surface area contributed by atoms with Crippen LogP contribution in [-0.2, 0) is 18.6 Å². The zero-order valence-electron chi connectivity index (χ0n) is 15.9. The predicted molar refractivity (Wildman–Crippen MR) is 120 cm³/mol. The molecule has 4 heteroatoms. The minimum Gasteiger partial charge on any atom is -0.147 e. The summed E-state index contributed by atoms with van der Waals surface area (Å²) >= 11 is -2.33. The van der Waals surface area contributed by atoms with Gasteiger partial charge in [-0.1, -0.05) is 0 Å². The summed E-state index contributed by atoms with van der Waals surface area (Å²) in [7, 11) is 0. The van der Waals surface area contributed by atoms with Crippen molar-refractivity contribution >= 4 is 37.3 Å². The van der Waals surface area contributed by atoms with Crippen molar-refractivity contribution in [1.29, 1.82) is 0 Å². The maximum Gasteiger partial charge on any atom is -0.147 e. The Morgan fingerprint density at radius 1 is 1.00 bits per heavy atom. The molecule has 1 atom stereocenters. The molecule has 2 aliphatic rings. The second-order valence-electron chi connectivity index (χ2n) is 8.06. The average molecular weight is 569 g/mol. The summed E-state index contributed by atoms with van der Waals surface area (Å²) in [6.07, 6.45) is 7.93. The second kappa shape index (κ2) is 7.91. The molecule has 0 spiro atoms. The van der Waals surface area contributed by atoms with E-state index in [1.165, 1.54) is 27.8 Å². The number of rotatable bonds is 2. The molecule has 0 aliphatic heterocycles. The molecule has 137 valence electrons. The topological polar surface area (TPSA) is 0 Å². The molecule has 26 heavy (non-hydrogen) atoms. The van der Waals surface area contributed by atoms with E-state index in [1.54, 1.807) is 16.7 Å². The van der Waals surface area contributed by atoms with Gasteiger partial charge in [0.15, 0.2) is 0 Å². The molecule has 0 bridgehead atoms. The maximum atomic E-state index is 2.62. The zero-order valence-corrected chi connectivity index (χ0v) is 22.6. The van der Waals surface area contributed by atoms with Gasteiger partial charge in [-0.2, -0.15) is 0 Å². The maximum absolute atomic E-state index is 2.62. The number of hydrogen-bond acceptors (Lipinski definition) is 0. The number of halogens is 2. The molecule has 1 unspecified atom stereocenters. The SMILES string of the molecule is Cc1ccc2c(c1)[CH]([Hf]([CH3])([CH3])=[SiH2])c1c-2ccc(C)c1C1=CC=CC1.Cl.Cl. The van der Waals surface area contributed by atoms with Gasteiger partial charge in [-0.15, -0.1) is 24.8 Å². The summed E-state index contributed by atoms with van der Waals surface area (Å²) in [6, 6.07) is 11.8. The Labute approximate surface area is 175 Å². The van der Waals surface area contributed by atoms with E-state index >= 15 is 0 Å². The molecule has 0 amide bonds. The molecule has 0 fully saturated rings. The Hall–Kier alpha value is -0.413. The van der Waals surface area contributed by atoms with Crippen LogP contribution in [0.2, 0.25) is 9.36 Å². The molecule has 4 rings (SSSR count). The first kappa shape index (κ1) is 21.9. The van der Waals surface area contributed by atoms with E-state index in [0.717, 1.165) is 6.42 Å². The van der Waals surface area contributed by atoms with Crippen molar-refractivity contribution in [1.82, 2.24) is 0 Å². The van der Waals surface area contributed by atoms with Gasteiger partial charge in [-0.25, -0.2) is 0 Å². The van der Waals surface area contributed by atoms with Gasteiger partial charge in [0, 0.05) is 0 Å². The van der Waals surface area contributed by atoms with Crippen LogP contribution in [0.4, 0.5) is 0 Å². The normalized spacial score (nSPS) is 17.1. The van der Waals surface area contributed by atoms with E-state index < -0.39 is 18.6 Å². The molecule has 0 aromatic heterocycles. The van der Waals surface area contributed by atoms with Crippen molar-refractivity contribution in [3.63, 3.8) is 0 Å². The van der Waals surface area contributed by atoms with Crippen LogP contribution in [0.1, 0.15) is 37.9 Å². The van der Waals surface area contributed by atoms with Crippen LogP contribution in [-0.4, -0.2) is 6.94 Å². The number of fused-ring (bicyclic) bond motifs is 3. The standard InChI is InChI=1S/C20H17.2CH3.2ClH.Hf.H2Si/c1-13-7-9-17-16(11-13)12-19-18(17)10-8-14(2)20(19)15-5-3-4-6-15;;;;;;/h3-5,7-12H,6H2,1-2H3;2*1H3;2*1H;;1H2. The van der Waals surface area contributed by atoms with Crippen LogP contribution in [0.25, 0.3) is 16.7 Å². The summed E-state index contributed by atoms with van der Waals surface area (Å²) in [5.41, 5.74) is 12.2. The molecule has 0 nitrogen and oxygen atoms in total. The Bertz CT molecular complexity index is 966. The first-order valence-electron chi connectivity index (χ1n) is 8.84. The largest absolute Gasteiger partial charge is 0.147 e.